The van der Waals surface area contributed by atoms with Gasteiger partial charge in [0.15, 0.2) is 0 Å². The van der Waals surface area contributed by atoms with Crippen molar-refractivity contribution < 1.29 is 9.53 Å². The van der Waals surface area contributed by atoms with Gasteiger partial charge in [0.2, 0.25) is 5.88 Å². The van der Waals surface area contributed by atoms with E-state index < -0.39 is 0 Å². The molecule has 0 radical (unpaired) electrons. The van der Waals surface area contributed by atoms with E-state index in [-0.39, 0.29) is 12.0 Å². The predicted molar refractivity (Wildman–Crippen MR) is 98.6 cm³/mol. The van der Waals surface area contributed by atoms with Gasteiger partial charge in [-0.25, -0.2) is 4.98 Å². The Hall–Kier alpha value is -1.62. The molecular formula is C19H33N3O2. The summed E-state index contributed by atoms with van der Waals surface area (Å²) in [6.07, 6.45) is 3.33. The van der Waals surface area contributed by atoms with Crippen molar-refractivity contribution in [3.8, 4) is 5.88 Å². The number of rotatable bonds is 9. The van der Waals surface area contributed by atoms with E-state index in [1.807, 2.05) is 14.0 Å². The van der Waals surface area contributed by atoms with Crippen molar-refractivity contribution in [2.24, 2.45) is 5.41 Å². The number of carbonyl (C=O) groups is 1. The lowest BCUT2D eigenvalue weighted by Crippen LogP contribution is -2.24. The molecule has 1 heterocycles. The highest BCUT2D eigenvalue weighted by Crippen LogP contribution is 2.27. The minimum atomic E-state index is -0.0362. The Morgan fingerprint density at radius 2 is 2.00 bits per heavy atom. The molecule has 1 N–H and O–H groups in total. The Bertz CT molecular complexity index is 541. The van der Waals surface area contributed by atoms with Crippen LogP contribution in [0.1, 0.15) is 56.1 Å². The van der Waals surface area contributed by atoms with E-state index in [9.17, 15) is 4.79 Å². The number of aromatic nitrogens is 1. The van der Waals surface area contributed by atoms with Crippen molar-refractivity contribution in [3.63, 3.8) is 0 Å². The fraction of sp³-hybridized carbons (Fsp3) is 0.684. The molecule has 1 atom stereocenters. The summed E-state index contributed by atoms with van der Waals surface area (Å²) in [6, 6.07) is 3.58. The van der Waals surface area contributed by atoms with Gasteiger partial charge in [0.05, 0.1) is 17.4 Å². The van der Waals surface area contributed by atoms with Gasteiger partial charge in [-0.15, -0.1) is 0 Å². The van der Waals surface area contributed by atoms with Crippen molar-refractivity contribution in [1.29, 1.82) is 0 Å². The molecule has 5 heteroatoms. The second kappa shape index (κ2) is 9.02. The van der Waals surface area contributed by atoms with Gasteiger partial charge in [-0.2, -0.15) is 0 Å². The Morgan fingerprint density at radius 3 is 2.54 bits per heavy atom. The summed E-state index contributed by atoms with van der Waals surface area (Å²) in [6.45, 7) is 9.53. The van der Waals surface area contributed by atoms with Crippen molar-refractivity contribution >= 4 is 5.91 Å². The van der Waals surface area contributed by atoms with Crippen molar-refractivity contribution in [2.75, 3.05) is 27.7 Å². The standard InChI is InChI=1S/C19H33N3O2/c1-14(10-11-19(3,4)12-13-20-5)24-17-9-8-16(15(2)21-17)18(23)22(6)7/h8-9,14,20H,10-13H2,1-7H3. The molecule has 0 saturated heterocycles. The quantitative estimate of drug-likeness (QED) is 0.752. The average molecular weight is 335 g/mol. The van der Waals surface area contributed by atoms with E-state index in [1.165, 1.54) is 0 Å². The van der Waals surface area contributed by atoms with Crippen LogP contribution < -0.4 is 10.1 Å². The third kappa shape index (κ3) is 6.48. The van der Waals surface area contributed by atoms with Crippen LogP contribution in [0, 0.1) is 12.3 Å². The average Bonchev–Trinajstić information content (AvgIpc) is 2.50. The third-order valence-electron chi connectivity index (χ3n) is 4.30. The van der Waals surface area contributed by atoms with Gasteiger partial charge in [0.1, 0.15) is 0 Å². The van der Waals surface area contributed by atoms with E-state index in [0.29, 0.717) is 22.6 Å². The zero-order valence-corrected chi connectivity index (χ0v) is 16.3. The normalized spacial score (nSPS) is 12.8. The van der Waals surface area contributed by atoms with Crippen molar-refractivity contribution in [3.05, 3.63) is 23.4 Å². The number of aryl methyl sites for hydroxylation is 1. The Balaban J connectivity index is 2.60. The fourth-order valence-electron chi connectivity index (χ4n) is 2.52. The predicted octanol–water partition coefficient (Wildman–Crippen LogP) is 3.28. The highest BCUT2D eigenvalue weighted by Gasteiger charge is 2.19. The maximum absolute atomic E-state index is 12.0. The number of amides is 1. The van der Waals surface area contributed by atoms with Gasteiger partial charge in [-0.1, -0.05) is 13.8 Å². The Morgan fingerprint density at radius 1 is 1.33 bits per heavy atom. The lowest BCUT2D eigenvalue weighted by atomic mass is 9.83. The number of pyridine rings is 1. The molecule has 0 saturated carbocycles. The zero-order chi connectivity index (χ0) is 18.3. The SMILES string of the molecule is CNCCC(C)(C)CCC(C)Oc1ccc(C(=O)N(C)C)c(C)n1. The topological polar surface area (TPSA) is 54.5 Å². The smallest absolute Gasteiger partial charge is 0.255 e. The van der Waals surface area contributed by atoms with Crippen molar-refractivity contribution in [1.82, 2.24) is 15.2 Å². The molecule has 1 amide bonds. The summed E-state index contributed by atoms with van der Waals surface area (Å²) in [5.41, 5.74) is 1.62. The summed E-state index contributed by atoms with van der Waals surface area (Å²) in [4.78, 5) is 18.0. The number of hydrogen-bond acceptors (Lipinski definition) is 4. The summed E-state index contributed by atoms with van der Waals surface area (Å²) < 4.78 is 5.94. The minimum absolute atomic E-state index is 0.0362. The van der Waals surface area contributed by atoms with Gasteiger partial charge in [0, 0.05) is 20.2 Å². The second-order valence-corrected chi connectivity index (χ2v) is 7.47. The van der Waals surface area contributed by atoms with Crippen LogP contribution in [0.5, 0.6) is 5.88 Å². The highest BCUT2D eigenvalue weighted by atomic mass is 16.5. The lowest BCUT2D eigenvalue weighted by Gasteiger charge is -2.26. The molecule has 0 aliphatic heterocycles. The maximum Gasteiger partial charge on any atom is 0.255 e. The molecule has 1 aromatic heterocycles. The first-order chi connectivity index (χ1) is 11.2. The Labute approximate surface area is 146 Å². The lowest BCUT2D eigenvalue weighted by molar-refractivity contribution is 0.0826. The van der Waals surface area contributed by atoms with Gasteiger partial charge in [0.25, 0.3) is 5.91 Å². The highest BCUT2D eigenvalue weighted by molar-refractivity contribution is 5.94. The van der Waals surface area contributed by atoms with Gasteiger partial charge in [-0.3, -0.25) is 4.79 Å². The summed E-state index contributed by atoms with van der Waals surface area (Å²) in [5.74, 6) is 0.550. The summed E-state index contributed by atoms with van der Waals surface area (Å²) >= 11 is 0. The number of nitrogens with zero attached hydrogens (tertiary/aromatic N) is 2. The van der Waals surface area contributed by atoms with Crippen LogP contribution in [0.3, 0.4) is 0 Å². The van der Waals surface area contributed by atoms with E-state index in [0.717, 1.165) is 25.8 Å². The van der Waals surface area contributed by atoms with Crippen molar-refractivity contribution in [2.45, 2.75) is 53.1 Å². The first kappa shape index (κ1) is 20.4. The number of nitrogens with one attached hydrogen (secondary N) is 1. The van der Waals surface area contributed by atoms with Crippen LogP contribution in [-0.2, 0) is 0 Å². The van der Waals surface area contributed by atoms with Gasteiger partial charge in [-0.05, 0) is 58.2 Å². The van der Waals surface area contributed by atoms with E-state index >= 15 is 0 Å². The second-order valence-electron chi connectivity index (χ2n) is 7.47. The molecule has 0 bridgehead atoms. The summed E-state index contributed by atoms with van der Waals surface area (Å²) in [5, 5.41) is 3.21. The van der Waals surface area contributed by atoms with Crippen LogP contribution in [0.4, 0.5) is 0 Å². The largest absolute Gasteiger partial charge is 0.475 e. The first-order valence-electron chi connectivity index (χ1n) is 8.67. The Kier molecular flexibility index (Phi) is 7.67. The minimum Gasteiger partial charge on any atom is -0.475 e. The van der Waals surface area contributed by atoms with Crippen LogP contribution in [0.2, 0.25) is 0 Å². The summed E-state index contributed by atoms with van der Waals surface area (Å²) in [7, 11) is 5.47. The molecule has 0 aromatic carbocycles. The molecule has 24 heavy (non-hydrogen) atoms. The zero-order valence-electron chi connectivity index (χ0n) is 16.3. The van der Waals surface area contributed by atoms with Crippen LogP contribution in [0.25, 0.3) is 0 Å². The maximum atomic E-state index is 12.0. The van der Waals surface area contributed by atoms with Gasteiger partial charge < -0.3 is 15.0 Å². The number of ether oxygens (including phenoxy) is 1. The first-order valence-corrected chi connectivity index (χ1v) is 8.67. The molecule has 1 aromatic rings. The van der Waals surface area contributed by atoms with Crippen LogP contribution in [0.15, 0.2) is 12.1 Å². The molecule has 1 unspecified atom stereocenters. The fourth-order valence-corrected chi connectivity index (χ4v) is 2.52. The third-order valence-corrected chi connectivity index (χ3v) is 4.30. The number of hydrogen-bond donors (Lipinski definition) is 1. The molecule has 0 fully saturated rings. The van der Waals surface area contributed by atoms with E-state index in [1.54, 1.807) is 31.1 Å². The van der Waals surface area contributed by atoms with Crippen LogP contribution >= 0.6 is 0 Å². The molecule has 5 nitrogen and oxygen atoms in total. The molecular weight excluding hydrogens is 302 g/mol. The number of carbonyl (C=O) groups excluding carboxylic acids is 1. The van der Waals surface area contributed by atoms with Gasteiger partial charge >= 0.3 is 0 Å². The monoisotopic (exact) mass is 335 g/mol. The molecule has 0 aliphatic carbocycles. The van der Waals surface area contributed by atoms with E-state index in [2.05, 4.69) is 31.1 Å². The van der Waals surface area contributed by atoms with Crippen LogP contribution in [-0.4, -0.2) is 49.6 Å². The molecule has 1 rings (SSSR count). The molecule has 0 aliphatic rings. The molecule has 136 valence electrons. The van der Waals surface area contributed by atoms with E-state index in [4.69, 9.17) is 4.74 Å². The molecule has 0 spiro atoms.